The molecule has 12 heteroatoms. The third-order valence-electron chi connectivity index (χ3n) is 5.99. The highest BCUT2D eigenvalue weighted by Crippen LogP contribution is 2.33. The number of alkyl halides is 3. The number of anilines is 1. The van der Waals surface area contributed by atoms with Crippen molar-refractivity contribution in [2.75, 3.05) is 5.32 Å². The normalized spacial score (nSPS) is 11.8. The highest BCUT2D eigenvalue weighted by Gasteiger charge is 2.35. The lowest BCUT2D eigenvalue weighted by Gasteiger charge is -2.11. The fraction of sp³-hybridized carbons (Fsp3) is 0.154. The molecule has 5 aromatic rings. The van der Waals surface area contributed by atoms with Gasteiger partial charge in [-0.05, 0) is 59.1 Å². The number of rotatable bonds is 5. The molecule has 0 radical (unpaired) electrons. The average Bonchev–Trinajstić information content (AvgIpc) is 3.44. The van der Waals surface area contributed by atoms with Crippen LogP contribution in [0.1, 0.15) is 32.9 Å². The van der Waals surface area contributed by atoms with E-state index < -0.39 is 23.6 Å². The smallest absolute Gasteiger partial charge is 0.303 e. The van der Waals surface area contributed by atoms with Gasteiger partial charge in [0, 0.05) is 23.4 Å². The molecule has 0 unspecified atom stereocenters. The van der Waals surface area contributed by atoms with Gasteiger partial charge in [-0.3, -0.25) is 9.48 Å². The molecule has 5 rings (SSSR count). The molecule has 38 heavy (non-hydrogen) atoms. The Morgan fingerprint density at radius 1 is 1.03 bits per heavy atom. The molecule has 7 nitrogen and oxygen atoms in total. The highest BCUT2D eigenvalue weighted by molar-refractivity contribution is 9.10. The number of halogens is 5. The first-order valence-electron chi connectivity index (χ1n) is 11.3. The van der Waals surface area contributed by atoms with E-state index in [2.05, 4.69) is 36.4 Å². The average molecular weight is 587 g/mol. The van der Waals surface area contributed by atoms with Gasteiger partial charge in [0.15, 0.2) is 22.9 Å². The molecule has 194 valence electrons. The van der Waals surface area contributed by atoms with Crippen LogP contribution < -0.4 is 5.32 Å². The van der Waals surface area contributed by atoms with Crippen LogP contribution in [0.2, 0.25) is 0 Å². The van der Waals surface area contributed by atoms with E-state index in [9.17, 15) is 22.4 Å². The fourth-order valence-electron chi connectivity index (χ4n) is 3.87. The second-order valence-electron chi connectivity index (χ2n) is 8.69. The number of benzene rings is 2. The lowest BCUT2D eigenvalue weighted by Crippen LogP contribution is -2.16. The third-order valence-corrected chi connectivity index (χ3v) is 6.57. The summed E-state index contributed by atoms with van der Waals surface area (Å²) in [6, 6.07) is 13.5. The van der Waals surface area contributed by atoms with E-state index in [1.807, 2.05) is 19.9 Å². The van der Waals surface area contributed by atoms with Gasteiger partial charge in [-0.25, -0.2) is 13.9 Å². The van der Waals surface area contributed by atoms with E-state index >= 15 is 0 Å². The monoisotopic (exact) mass is 586 g/mol. The zero-order valence-corrected chi connectivity index (χ0v) is 21.6. The van der Waals surface area contributed by atoms with Crippen molar-refractivity contribution in [1.29, 1.82) is 0 Å². The van der Waals surface area contributed by atoms with Crippen LogP contribution in [0.15, 0.2) is 65.3 Å². The van der Waals surface area contributed by atoms with Gasteiger partial charge >= 0.3 is 6.18 Å². The highest BCUT2D eigenvalue weighted by atomic mass is 79.9. The Bertz CT molecular complexity index is 1690. The predicted octanol–water partition coefficient (Wildman–Crippen LogP) is 6.43. The van der Waals surface area contributed by atoms with Crippen molar-refractivity contribution >= 4 is 33.3 Å². The lowest BCUT2D eigenvalue weighted by molar-refractivity contribution is -0.142. The molecule has 0 aliphatic rings. The van der Waals surface area contributed by atoms with E-state index in [-0.39, 0.29) is 29.4 Å². The van der Waals surface area contributed by atoms with Crippen LogP contribution in [-0.2, 0) is 12.7 Å². The zero-order valence-electron chi connectivity index (χ0n) is 20.0. The van der Waals surface area contributed by atoms with E-state index in [4.69, 9.17) is 0 Å². The molecule has 0 bridgehead atoms. The van der Waals surface area contributed by atoms with Crippen molar-refractivity contribution in [3.05, 3.63) is 99.2 Å². The Labute approximate surface area is 222 Å². The SMILES string of the molecule is Cc1ccc(-c2cc(C(F)(F)F)n3nc(C(=O)Nc4nn(Cc5ccccc5F)cc4Br)cc3n2)cc1C. The van der Waals surface area contributed by atoms with E-state index in [0.29, 0.717) is 20.1 Å². The van der Waals surface area contributed by atoms with Crippen LogP contribution in [-0.4, -0.2) is 30.3 Å². The second-order valence-corrected chi connectivity index (χ2v) is 9.55. The van der Waals surface area contributed by atoms with Gasteiger partial charge in [-0.1, -0.05) is 30.3 Å². The second kappa shape index (κ2) is 9.67. The molecule has 0 aliphatic heterocycles. The van der Waals surface area contributed by atoms with Crippen LogP contribution in [0.4, 0.5) is 23.4 Å². The quantitative estimate of drug-likeness (QED) is 0.241. The minimum atomic E-state index is -4.75. The Morgan fingerprint density at radius 2 is 1.79 bits per heavy atom. The van der Waals surface area contributed by atoms with Crippen molar-refractivity contribution in [2.24, 2.45) is 0 Å². The molecule has 1 amide bonds. The molecular weight excluding hydrogens is 568 g/mol. The number of aromatic nitrogens is 5. The number of carbonyl (C=O) groups excluding carboxylic acids is 1. The molecule has 0 spiro atoms. The molecule has 1 N–H and O–H groups in total. The largest absolute Gasteiger partial charge is 0.433 e. The first-order valence-corrected chi connectivity index (χ1v) is 12.1. The first kappa shape index (κ1) is 25.6. The van der Waals surface area contributed by atoms with Gasteiger partial charge in [0.1, 0.15) is 5.82 Å². The number of hydrogen-bond donors (Lipinski definition) is 1. The minimum Gasteiger partial charge on any atom is -0.303 e. The van der Waals surface area contributed by atoms with Gasteiger partial charge in [-0.2, -0.15) is 23.4 Å². The number of hydrogen-bond acceptors (Lipinski definition) is 4. The Balaban J connectivity index is 1.47. The van der Waals surface area contributed by atoms with Crippen LogP contribution in [0.3, 0.4) is 0 Å². The van der Waals surface area contributed by atoms with Crippen molar-refractivity contribution in [1.82, 2.24) is 24.4 Å². The molecule has 0 atom stereocenters. The maximum Gasteiger partial charge on any atom is 0.433 e. The van der Waals surface area contributed by atoms with Gasteiger partial charge in [0.25, 0.3) is 5.91 Å². The summed E-state index contributed by atoms with van der Waals surface area (Å²) in [4.78, 5) is 17.3. The molecule has 0 saturated heterocycles. The van der Waals surface area contributed by atoms with Gasteiger partial charge in [0.05, 0.1) is 16.7 Å². The van der Waals surface area contributed by atoms with Crippen LogP contribution in [0.5, 0.6) is 0 Å². The summed E-state index contributed by atoms with van der Waals surface area (Å²) in [5.41, 5.74) is 1.43. The number of nitrogens with zero attached hydrogens (tertiary/aromatic N) is 5. The van der Waals surface area contributed by atoms with Gasteiger partial charge in [0.2, 0.25) is 0 Å². The minimum absolute atomic E-state index is 0.100. The van der Waals surface area contributed by atoms with E-state index in [1.54, 1.807) is 36.5 Å². The van der Waals surface area contributed by atoms with Crippen LogP contribution in [0, 0.1) is 19.7 Å². The summed E-state index contributed by atoms with van der Waals surface area (Å²) in [5, 5.41) is 10.6. The van der Waals surface area contributed by atoms with Crippen LogP contribution >= 0.6 is 15.9 Å². The van der Waals surface area contributed by atoms with E-state index in [1.165, 1.54) is 16.8 Å². The Morgan fingerprint density at radius 3 is 2.50 bits per heavy atom. The number of aryl methyl sites for hydroxylation is 2. The summed E-state index contributed by atoms with van der Waals surface area (Å²) in [6.07, 6.45) is -3.20. The number of amides is 1. The van der Waals surface area contributed by atoms with Gasteiger partial charge in [-0.15, -0.1) is 0 Å². The summed E-state index contributed by atoms with van der Waals surface area (Å²) in [5.74, 6) is -1.08. The summed E-state index contributed by atoms with van der Waals surface area (Å²) >= 11 is 3.29. The van der Waals surface area contributed by atoms with Crippen molar-refractivity contribution in [3.8, 4) is 11.3 Å². The fourth-order valence-corrected chi connectivity index (χ4v) is 4.29. The third kappa shape index (κ3) is 5.03. The Hall–Kier alpha value is -4.06. The zero-order chi connectivity index (χ0) is 27.2. The predicted molar refractivity (Wildman–Crippen MR) is 136 cm³/mol. The summed E-state index contributed by atoms with van der Waals surface area (Å²) < 4.78 is 58.2. The number of carbonyl (C=O) groups is 1. The Kier molecular flexibility index (Phi) is 6.51. The van der Waals surface area contributed by atoms with Gasteiger partial charge < -0.3 is 5.32 Å². The standard InChI is InChI=1S/C26H19BrF4N6O/c1-14-7-8-16(9-15(14)2)20-10-22(26(29,30)31)37-23(32-20)11-21(34-37)25(38)33-24-18(27)13-36(35-24)12-17-5-3-4-6-19(17)28/h3-11,13H,12H2,1-2H3,(H,33,35,38). The van der Waals surface area contributed by atoms with Crippen LogP contribution in [0.25, 0.3) is 16.9 Å². The lowest BCUT2D eigenvalue weighted by atomic mass is 10.0. The molecular formula is C26H19BrF4N6O. The maximum atomic E-state index is 14.0. The topological polar surface area (TPSA) is 77.1 Å². The molecule has 3 aromatic heterocycles. The first-order chi connectivity index (χ1) is 18.0. The number of fused-ring (bicyclic) bond motifs is 1. The molecule has 0 fully saturated rings. The summed E-state index contributed by atoms with van der Waals surface area (Å²) in [6.45, 7) is 3.87. The molecule has 3 heterocycles. The summed E-state index contributed by atoms with van der Waals surface area (Å²) in [7, 11) is 0. The van der Waals surface area contributed by atoms with Crippen molar-refractivity contribution in [2.45, 2.75) is 26.6 Å². The molecule has 0 aliphatic carbocycles. The van der Waals surface area contributed by atoms with Crippen molar-refractivity contribution in [3.63, 3.8) is 0 Å². The maximum absolute atomic E-state index is 14.0. The van der Waals surface area contributed by atoms with E-state index in [0.717, 1.165) is 17.2 Å². The molecule has 0 saturated carbocycles. The number of nitrogens with one attached hydrogen (secondary N) is 1. The molecule has 2 aromatic carbocycles. The van der Waals surface area contributed by atoms with Crippen molar-refractivity contribution < 1.29 is 22.4 Å².